The van der Waals surface area contributed by atoms with Crippen LogP contribution in [0.4, 0.5) is 4.79 Å². The number of amides is 2. The molecule has 1 saturated heterocycles. The van der Waals surface area contributed by atoms with Crippen molar-refractivity contribution in [1.82, 2.24) is 4.90 Å². The lowest BCUT2D eigenvalue weighted by Gasteiger charge is -2.11. The van der Waals surface area contributed by atoms with E-state index in [1.807, 2.05) is 0 Å². The van der Waals surface area contributed by atoms with Crippen molar-refractivity contribution in [2.75, 3.05) is 26.4 Å². The fourth-order valence-corrected chi connectivity index (χ4v) is 1.74. The van der Waals surface area contributed by atoms with E-state index >= 15 is 0 Å². The Labute approximate surface area is 121 Å². The summed E-state index contributed by atoms with van der Waals surface area (Å²) < 4.78 is 14.8. The van der Waals surface area contributed by atoms with E-state index in [4.69, 9.17) is 9.47 Å². The van der Waals surface area contributed by atoms with Crippen LogP contribution in [0.15, 0.2) is 24.3 Å². The molecular formula is C14H15NO6. The topological polar surface area (TPSA) is 82.1 Å². The first-order valence-corrected chi connectivity index (χ1v) is 6.49. The first-order valence-electron chi connectivity index (χ1n) is 6.49. The van der Waals surface area contributed by atoms with Gasteiger partial charge in [0, 0.05) is 0 Å². The number of cyclic esters (lactones) is 1. The van der Waals surface area contributed by atoms with E-state index in [1.165, 1.54) is 0 Å². The first kappa shape index (κ1) is 14.8. The maximum absolute atomic E-state index is 11.7. The molecule has 0 aliphatic carbocycles. The largest absolute Gasteiger partial charge is 0.484 e. The highest BCUT2D eigenvalue weighted by Gasteiger charge is 2.28. The first-order chi connectivity index (χ1) is 10.1. The van der Waals surface area contributed by atoms with Gasteiger partial charge in [0.2, 0.25) is 0 Å². The molecule has 1 aliphatic heterocycles. The Hall–Kier alpha value is -2.57. The minimum atomic E-state index is -0.652. The molecule has 0 bridgehead atoms. The van der Waals surface area contributed by atoms with E-state index in [9.17, 15) is 14.4 Å². The third kappa shape index (κ3) is 3.71. The molecule has 0 saturated carbocycles. The van der Waals surface area contributed by atoms with Crippen LogP contribution in [-0.4, -0.2) is 49.2 Å². The van der Waals surface area contributed by atoms with Gasteiger partial charge in [0.05, 0.1) is 18.7 Å². The Morgan fingerprint density at radius 2 is 2.00 bits per heavy atom. The summed E-state index contributed by atoms with van der Waals surface area (Å²) in [5.74, 6) is -0.462. The van der Waals surface area contributed by atoms with Gasteiger partial charge in [-0.1, -0.05) is 0 Å². The summed E-state index contributed by atoms with van der Waals surface area (Å²) in [5.41, 5.74) is 0.402. The highest BCUT2D eigenvalue weighted by molar-refractivity contribution is 5.93. The summed E-state index contributed by atoms with van der Waals surface area (Å²) in [6.45, 7) is 2.21. The molecule has 0 N–H and O–H groups in total. The predicted octanol–water partition coefficient (Wildman–Crippen LogP) is 1.22. The number of ether oxygens (including phenoxy) is 3. The highest BCUT2D eigenvalue weighted by atomic mass is 16.6. The molecule has 7 heteroatoms. The molecule has 1 aliphatic rings. The van der Waals surface area contributed by atoms with Crippen molar-refractivity contribution in [3.8, 4) is 5.75 Å². The second kappa shape index (κ2) is 6.74. The summed E-state index contributed by atoms with van der Waals surface area (Å²) in [4.78, 5) is 35.3. The molecule has 0 unspecified atom stereocenters. The number of esters is 1. The number of benzene rings is 1. The number of carbonyl (C=O) groups is 3. The molecule has 0 radical (unpaired) electrons. The second-order valence-electron chi connectivity index (χ2n) is 4.19. The van der Waals surface area contributed by atoms with Gasteiger partial charge in [-0.05, 0) is 31.2 Å². The van der Waals surface area contributed by atoms with Crippen molar-refractivity contribution in [2.45, 2.75) is 6.92 Å². The molecule has 0 aromatic heterocycles. The van der Waals surface area contributed by atoms with Crippen LogP contribution in [0.3, 0.4) is 0 Å². The van der Waals surface area contributed by atoms with Gasteiger partial charge in [0.15, 0.2) is 6.61 Å². The lowest BCUT2D eigenvalue weighted by atomic mass is 10.2. The SMILES string of the molecule is CCOC(=O)c1ccc(OCC(=O)N2CCOC2=O)cc1. The molecule has 1 aromatic carbocycles. The Balaban J connectivity index is 1.87. The highest BCUT2D eigenvalue weighted by Crippen LogP contribution is 2.13. The molecule has 2 amide bonds. The second-order valence-corrected chi connectivity index (χ2v) is 4.19. The molecule has 2 rings (SSSR count). The predicted molar refractivity (Wildman–Crippen MR) is 71.0 cm³/mol. The van der Waals surface area contributed by atoms with Crippen LogP contribution in [-0.2, 0) is 14.3 Å². The summed E-state index contributed by atoms with van der Waals surface area (Å²) in [6.07, 6.45) is -0.652. The van der Waals surface area contributed by atoms with Crippen molar-refractivity contribution >= 4 is 18.0 Å². The van der Waals surface area contributed by atoms with Crippen LogP contribution in [0.5, 0.6) is 5.75 Å². The fourth-order valence-electron chi connectivity index (χ4n) is 1.74. The van der Waals surface area contributed by atoms with E-state index in [2.05, 4.69) is 4.74 Å². The van der Waals surface area contributed by atoms with Crippen LogP contribution < -0.4 is 4.74 Å². The van der Waals surface area contributed by atoms with Gasteiger partial charge >= 0.3 is 12.1 Å². The molecule has 7 nitrogen and oxygen atoms in total. The summed E-state index contributed by atoms with van der Waals surface area (Å²) in [5, 5.41) is 0. The zero-order chi connectivity index (χ0) is 15.2. The quantitative estimate of drug-likeness (QED) is 0.759. The minimum absolute atomic E-state index is 0.207. The van der Waals surface area contributed by atoms with Crippen molar-refractivity contribution in [3.05, 3.63) is 29.8 Å². The molecule has 1 fully saturated rings. The molecule has 1 heterocycles. The zero-order valence-electron chi connectivity index (χ0n) is 11.5. The van der Waals surface area contributed by atoms with Gasteiger partial charge in [-0.15, -0.1) is 0 Å². The zero-order valence-corrected chi connectivity index (χ0v) is 11.5. The van der Waals surface area contributed by atoms with Gasteiger partial charge < -0.3 is 14.2 Å². The van der Waals surface area contributed by atoms with Gasteiger partial charge in [0.25, 0.3) is 5.91 Å². The number of carbonyl (C=O) groups excluding carboxylic acids is 3. The van der Waals surface area contributed by atoms with E-state index in [0.717, 1.165) is 4.90 Å². The Morgan fingerprint density at radius 1 is 1.29 bits per heavy atom. The van der Waals surface area contributed by atoms with Crippen molar-refractivity contribution in [1.29, 1.82) is 0 Å². The average molecular weight is 293 g/mol. The van der Waals surface area contributed by atoms with E-state index < -0.39 is 18.0 Å². The number of imide groups is 1. The standard InChI is InChI=1S/C14H15NO6/c1-2-19-13(17)10-3-5-11(6-4-10)21-9-12(16)15-7-8-20-14(15)18/h3-6H,2,7-9H2,1H3. The monoisotopic (exact) mass is 293 g/mol. The Morgan fingerprint density at radius 3 is 2.57 bits per heavy atom. The third-order valence-corrected chi connectivity index (χ3v) is 2.79. The van der Waals surface area contributed by atoms with Crippen LogP contribution in [0.1, 0.15) is 17.3 Å². The van der Waals surface area contributed by atoms with Crippen LogP contribution in [0.2, 0.25) is 0 Å². The molecule has 112 valence electrons. The van der Waals surface area contributed by atoms with E-state index in [1.54, 1.807) is 31.2 Å². The summed E-state index contributed by atoms with van der Waals surface area (Å²) >= 11 is 0. The number of hydrogen-bond acceptors (Lipinski definition) is 6. The number of rotatable bonds is 5. The van der Waals surface area contributed by atoms with Crippen molar-refractivity contribution in [2.24, 2.45) is 0 Å². The minimum Gasteiger partial charge on any atom is -0.484 e. The van der Waals surface area contributed by atoms with Crippen LogP contribution in [0, 0.1) is 0 Å². The van der Waals surface area contributed by atoms with Gasteiger partial charge in [0.1, 0.15) is 12.4 Å². The maximum Gasteiger partial charge on any atom is 0.416 e. The van der Waals surface area contributed by atoms with Gasteiger partial charge in [-0.25, -0.2) is 14.5 Å². The normalized spacial score (nSPS) is 13.8. The molecule has 0 atom stereocenters. The lowest BCUT2D eigenvalue weighted by Crippen LogP contribution is -2.35. The number of hydrogen-bond donors (Lipinski definition) is 0. The number of nitrogens with zero attached hydrogens (tertiary/aromatic N) is 1. The Bertz CT molecular complexity index is 539. The molecule has 0 spiro atoms. The maximum atomic E-state index is 11.7. The van der Waals surface area contributed by atoms with Crippen molar-refractivity contribution in [3.63, 3.8) is 0 Å². The van der Waals surface area contributed by atoms with Gasteiger partial charge in [-0.3, -0.25) is 4.79 Å². The van der Waals surface area contributed by atoms with E-state index in [-0.39, 0.29) is 19.8 Å². The van der Waals surface area contributed by atoms with Crippen molar-refractivity contribution < 1.29 is 28.6 Å². The summed E-state index contributed by atoms with van der Waals surface area (Å²) in [7, 11) is 0. The lowest BCUT2D eigenvalue weighted by molar-refractivity contribution is -0.129. The average Bonchev–Trinajstić information content (AvgIpc) is 2.92. The molecule has 21 heavy (non-hydrogen) atoms. The molecular weight excluding hydrogens is 278 g/mol. The molecule has 1 aromatic rings. The summed E-state index contributed by atoms with van der Waals surface area (Å²) in [6, 6.07) is 6.20. The van der Waals surface area contributed by atoms with Gasteiger partial charge in [-0.2, -0.15) is 0 Å². The third-order valence-electron chi connectivity index (χ3n) is 2.79. The smallest absolute Gasteiger partial charge is 0.416 e. The Kier molecular flexibility index (Phi) is 4.76. The van der Waals surface area contributed by atoms with E-state index in [0.29, 0.717) is 17.9 Å². The van der Waals surface area contributed by atoms with Crippen LogP contribution >= 0.6 is 0 Å². The fraction of sp³-hybridized carbons (Fsp3) is 0.357. The van der Waals surface area contributed by atoms with Crippen LogP contribution in [0.25, 0.3) is 0 Å².